The van der Waals surface area contributed by atoms with Crippen molar-refractivity contribution in [3.8, 4) is 0 Å². The molecule has 3 rings (SSSR count). The third kappa shape index (κ3) is 4.61. The van der Waals surface area contributed by atoms with Crippen molar-refractivity contribution >= 4 is 33.2 Å². The van der Waals surface area contributed by atoms with Crippen LogP contribution in [0.15, 0.2) is 59.5 Å². The molecular formula is C19H22ClN3O3S. The summed E-state index contributed by atoms with van der Waals surface area (Å²) >= 11 is 5.83. The van der Waals surface area contributed by atoms with Crippen LogP contribution >= 0.6 is 11.6 Å². The van der Waals surface area contributed by atoms with E-state index in [-0.39, 0.29) is 30.4 Å². The van der Waals surface area contributed by atoms with E-state index in [4.69, 9.17) is 11.6 Å². The Balaban J connectivity index is 1.58. The second kappa shape index (κ2) is 8.29. The van der Waals surface area contributed by atoms with E-state index >= 15 is 0 Å². The number of anilines is 1. The molecule has 8 heteroatoms. The number of likely N-dealkylation sites (N-methyl/N-ethyl adjacent to an activating group) is 1. The number of amides is 1. The molecule has 0 saturated carbocycles. The quantitative estimate of drug-likeness (QED) is 0.763. The van der Waals surface area contributed by atoms with Gasteiger partial charge in [0.25, 0.3) is 0 Å². The molecule has 144 valence electrons. The van der Waals surface area contributed by atoms with Crippen molar-refractivity contribution in [1.82, 2.24) is 9.21 Å². The summed E-state index contributed by atoms with van der Waals surface area (Å²) in [6, 6.07) is 15.8. The van der Waals surface area contributed by atoms with Crippen LogP contribution in [-0.2, 0) is 14.8 Å². The lowest BCUT2D eigenvalue weighted by Gasteiger charge is -2.35. The minimum Gasteiger partial charge on any atom is -0.365 e. The van der Waals surface area contributed by atoms with Crippen molar-refractivity contribution in [2.45, 2.75) is 4.90 Å². The molecule has 2 aromatic rings. The van der Waals surface area contributed by atoms with Crippen molar-refractivity contribution in [3.05, 3.63) is 59.6 Å². The van der Waals surface area contributed by atoms with Crippen LogP contribution in [0, 0.1) is 0 Å². The molecule has 2 aromatic carbocycles. The highest BCUT2D eigenvalue weighted by Crippen LogP contribution is 2.20. The van der Waals surface area contributed by atoms with Crippen LogP contribution in [0.3, 0.4) is 0 Å². The Bertz CT molecular complexity index is 880. The van der Waals surface area contributed by atoms with Gasteiger partial charge in [0.1, 0.15) is 0 Å². The van der Waals surface area contributed by atoms with Gasteiger partial charge in [0, 0.05) is 43.9 Å². The highest BCUT2D eigenvalue weighted by Gasteiger charge is 2.30. The monoisotopic (exact) mass is 407 g/mol. The van der Waals surface area contributed by atoms with Gasteiger partial charge in [-0.2, -0.15) is 4.31 Å². The molecule has 0 radical (unpaired) electrons. The number of rotatable bonds is 5. The minimum absolute atomic E-state index is 0.00936. The summed E-state index contributed by atoms with van der Waals surface area (Å²) in [7, 11) is -1.70. The first-order valence-electron chi connectivity index (χ1n) is 8.67. The first-order chi connectivity index (χ1) is 12.9. The number of sulfonamides is 1. The van der Waals surface area contributed by atoms with Crippen molar-refractivity contribution < 1.29 is 13.2 Å². The van der Waals surface area contributed by atoms with E-state index in [0.717, 1.165) is 5.69 Å². The third-order valence-electron chi connectivity index (χ3n) is 4.61. The van der Waals surface area contributed by atoms with Gasteiger partial charge in [-0.05, 0) is 36.4 Å². The van der Waals surface area contributed by atoms with Gasteiger partial charge in [-0.15, -0.1) is 0 Å². The molecule has 0 spiro atoms. The molecule has 0 unspecified atom stereocenters. The average Bonchev–Trinajstić information content (AvgIpc) is 2.69. The zero-order valence-corrected chi connectivity index (χ0v) is 16.7. The Morgan fingerprint density at radius 2 is 1.59 bits per heavy atom. The number of carbonyl (C=O) groups is 1. The Morgan fingerprint density at radius 1 is 1.00 bits per heavy atom. The molecule has 1 aliphatic rings. The maximum atomic E-state index is 12.7. The second-order valence-corrected chi connectivity index (χ2v) is 8.80. The van der Waals surface area contributed by atoms with Crippen LogP contribution in [-0.4, -0.2) is 63.3 Å². The standard InChI is InChI=1S/C19H22ClN3O3S/c1-21(17-5-3-2-4-6-17)15-19(24)22-11-13-23(14-12-22)27(25,26)18-9-7-16(20)8-10-18/h2-10H,11-15H2,1H3. The SMILES string of the molecule is CN(CC(=O)N1CCN(S(=O)(=O)c2ccc(Cl)cc2)CC1)c1ccccc1. The molecular weight excluding hydrogens is 386 g/mol. The van der Waals surface area contributed by atoms with Crippen LogP contribution in [0.4, 0.5) is 5.69 Å². The Labute approximate surface area is 165 Å². The number of carbonyl (C=O) groups excluding carboxylic acids is 1. The van der Waals surface area contributed by atoms with Gasteiger partial charge in [0.15, 0.2) is 0 Å². The lowest BCUT2D eigenvalue weighted by atomic mass is 10.3. The van der Waals surface area contributed by atoms with Crippen LogP contribution in [0.25, 0.3) is 0 Å². The molecule has 0 bridgehead atoms. The number of hydrogen-bond donors (Lipinski definition) is 0. The van der Waals surface area contributed by atoms with Gasteiger partial charge in [0.05, 0.1) is 11.4 Å². The van der Waals surface area contributed by atoms with E-state index in [9.17, 15) is 13.2 Å². The first-order valence-corrected chi connectivity index (χ1v) is 10.5. The van der Waals surface area contributed by atoms with E-state index in [1.807, 2.05) is 42.3 Å². The van der Waals surface area contributed by atoms with Crippen molar-refractivity contribution in [2.24, 2.45) is 0 Å². The zero-order chi connectivity index (χ0) is 19.4. The van der Waals surface area contributed by atoms with Gasteiger partial charge >= 0.3 is 0 Å². The van der Waals surface area contributed by atoms with Crippen LogP contribution in [0.1, 0.15) is 0 Å². The molecule has 1 heterocycles. The predicted octanol–water partition coefficient (Wildman–Crippen LogP) is 2.31. The Kier molecular flexibility index (Phi) is 6.04. The lowest BCUT2D eigenvalue weighted by Crippen LogP contribution is -2.52. The summed E-state index contributed by atoms with van der Waals surface area (Å²) in [5, 5.41) is 0.493. The molecule has 1 aliphatic heterocycles. The van der Waals surface area contributed by atoms with E-state index in [2.05, 4.69) is 0 Å². The zero-order valence-electron chi connectivity index (χ0n) is 15.1. The van der Waals surface area contributed by atoms with Gasteiger partial charge < -0.3 is 9.80 Å². The normalized spacial score (nSPS) is 15.6. The number of nitrogens with zero attached hydrogens (tertiary/aromatic N) is 3. The molecule has 6 nitrogen and oxygen atoms in total. The summed E-state index contributed by atoms with van der Waals surface area (Å²) in [4.78, 5) is 16.4. The summed E-state index contributed by atoms with van der Waals surface area (Å²) in [5.74, 6) is -0.00936. The smallest absolute Gasteiger partial charge is 0.243 e. The second-order valence-electron chi connectivity index (χ2n) is 6.43. The minimum atomic E-state index is -3.57. The van der Waals surface area contributed by atoms with Crippen LogP contribution in [0.5, 0.6) is 0 Å². The predicted molar refractivity (Wildman–Crippen MR) is 107 cm³/mol. The highest BCUT2D eigenvalue weighted by atomic mass is 35.5. The molecule has 0 atom stereocenters. The molecule has 1 amide bonds. The number of piperazine rings is 1. The lowest BCUT2D eigenvalue weighted by molar-refractivity contribution is -0.130. The van der Waals surface area contributed by atoms with E-state index in [0.29, 0.717) is 18.1 Å². The molecule has 0 aromatic heterocycles. The van der Waals surface area contributed by atoms with Crippen LogP contribution < -0.4 is 4.90 Å². The van der Waals surface area contributed by atoms with Gasteiger partial charge in [0.2, 0.25) is 15.9 Å². The largest absolute Gasteiger partial charge is 0.365 e. The summed E-state index contributed by atoms with van der Waals surface area (Å²) in [5.41, 5.74) is 0.967. The van der Waals surface area contributed by atoms with Gasteiger partial charge in [-0.25, -0.2) is 8.42 Å². The molecule has 1 saturated heterocycles. The van der Waals surface area contributed by atoms with Gasteiger partial charge in [-0.1, -0.05) is 29.8 Å². The highest BCUT2D eigenvalue weighted by molar-refractivity contribution is 7.89. The topological polar surface area (TPSA) is 60.9 Å². The molecule has 27 heavy (non-hydrogen) atoms. The molecule has 1 fully saturated rings. The first kappa shape index (κ1) is 19.7. The van der Waals surface area contributed by atoms with Crippen molar-refractivity contribution in [3.63, 3.8) is 0 Å². The number of para-hydroxylation sites is 1. The van der Waals surface area contributed by atoms with Crippen molar-refractivity contribution in [2.75, 3.05) is 44.7 Å². The fourth-order valence-corrected chi connectivity index (χ4v) is 4.56. The average molecular weight is 408 g/mol. The summed E-state index contributed by atoms with van der Waals surface area (Å²) < 4.78 is 26.8. The maximum Gasteiger partial charge on any atom is 0.243 e. The van der Waals surface area contributed by atoms with E-state index < -0.39 is 10.0 Å². The number of halogens is 1. The fourth-order valence-electron chi connectivity index (χ4n) is 3.01. The Morgan fingerprint density at radius 3 is 2.19 bits per heavy atom. The maximum absolute atomic E-state index is 12.7. The number of hydrogen-bond acceptors (Lipinski definition) is 4. The van der Waals surface area contributed by atoms with Crippen molar-refractivity contribution in [1.29, 1.82) is 0 Å². The Hall–Kier alpha value is -2.09. The van der Waals surface area contributed by atoms with Gasteiger partial charge in [-0.3, -0.25) is 4.79 Å². The summed E-state index contributed by atoms with van der Waals surface area (Å²) in [6.45, 7) is 1.59. The molecule has 0 N–H and O–H groups in total. The number of benzene rings is 2. The van der Waals surface area contributed by atoms with E-state index in [1.54, 1.807) is 17.0 Å². The molecule has 0 aliphatic carbocycles. The third-order valence-corrected chi connectivity index (χ3v) is 6.78. The fraction of sp³-hybridized carbons (Fsp3) is 0.316. The summed E-state index contributed by atoms with van der Waals surface area (Å²) in [6.07, 6.45) is 0. The van der Waals surface area contributed by atoms with Crippen LogP contribution in [0.2, 0.25) is 5.02 Å². The van der Waals surface area contributed by atoms with E-state index in [1.165, 1.54) is 16.4 Å².